The van der Waals surface area contributed by atoms with E-state index < -0.39 is 6.09 Å². The standard InChI is InChI=1S/C14H17N3O3/c1-9-13(10(2)20-17-9)8-15-11-5-4-6-12(7-11)16-14(18)19-3/h4-7,15H,8H2,1-3H3,(H,16,18). The van der Waals surface area contributed by atoms with E-state index in [-0.39, 0.29) is 0 Å². The number of anilines is 2. The lowest BCUT2D eigenvalue weighted by Gasteiger charge is -2.09. The van der Waals surface area contributed by atoms with Crippen molar-refractivity contribution in [2.75, 3.05) is 17.7 Å². The van der Waals surface area contributed by atoms with Crippen LogP contribution >= 0.6 is 0 Å². The summed E-state index contributed by atoms with van der Waals surface area (Å²) in [5.41, 5.74) is 3.47. The Bertz CT molecular complexity index is 588. The van der Waals surface area contributed by atoms with Crippen LogP contribution in [0.25, 0.3) is 0 Å². The van der Waals surface area contributed by atoms with Gasteiger partial charge in [0.15, 0.2) is 0 Å². The molecule has 6 nitrogen and oxygen atoms in total. The summed E-state index contributed by atoms with van der Waals surface area (Å²) in [6.45, 7) is 4.40. The van der Waals surface area contributed by atoms with E-state index in [2.05, 4.69) is 20.5 Å². The van der Waals surface area contributed by atoms with Crippen LogP contribution in [0.1, 0.15) is 17.0 Å². The van der Waals surface area contributed by atoms with Crippen LogP contribution in [0.4, 0.5) is 16.2 Å². The van der Waals surface area contributed by atoms with Crippen molar-refractivity contribution in [3.05, 3.63) is 41.3 Å². The molecule has 106 valence electrons. The largest absolute Gasteiger partial charge is 0.453 e. The summed E-state index contributed by atoms with van der Waals surface area (Å²) in [5.74, 6) is 0.804. The van der Waals surface area contributed by atoms with Gasteiger partial charge in [0.05, 0.1) is 12.8 Å². The molecule has 0 aliphatic carbocycles. The van der Waals surface area contributed by atoms with Gasteiger partial charge in [-0.05, 0) is 32.0 Å². The number of rotatable bonds is 4. The summed E-state index contributed by atoms with van der Waals surface area (Å²) in [4.78, 5) is 11.2. The van der Waals surface area contributed by atoms with Crippen LogP contribution in [0.2, 0.25) is 0 Å². The number of ether oxygens (including phenoxy) is 1. The first kappa shape index (κ1) is 13.9. The average molecular weight is 275 g/mol. The zero-order valence-electron chi connectivity index (χ0n) is 11.7. The lowest BCUT2D eigenvalue weighted by molar-refractivity contribution is 0.187. The summed E-state index contributed by atoms with van der Waals surface area (Å²) < 4.78 is 9.66. The summed E-state index contributed by atoms with van der Waals surface area (Å²) in [6, 6.07) is 7.38. The maximum absolute atomic E-state index is 11.2. The van der Waals surface area contributed by atoms with E-state index in [0.29, 0.717) is 12.2 Å². The summed E-state index contributed by atoms with van der Waals surface area (Å²) >= 11 is 0. The molecule has 1 amide bonds. The molecule has 1 aromatic carbocycles. The molecule has 6 heteroatoms. The normalized spacial score (nSPS) is 10.2. The number of amides is 1. The Morgan fingerprint density at radius 3 is 2.75 bits per heavy atom. The molecule has 2 N–H and O–H groups in total. The van der Waals surface area contributed by atoms with Crippen LogP contribution in [0.15, 0.2) is 28.8 Å². The zero-order chi connectivity index (χ0) is 14.5. The predicted molar refractivity (Wildman–Crippen MR) is 75.8 cm³/mol. The topological polar surface area (TPSA) is 76.4 Å². The van der Waals surface area contributed by atoms with E-state index >= 15 is 0 Å². The van der Waals surface area contributed by atoms with Crippen molar-refractivity contribution in [2.45, 2.75) is 20.4 Å². The van der Waals surface area contributed by atoms with E-state index in [0.717, 1.165) is 22.7 Å². The molecule has 1 heterocycles. The number of aromatic nitrogens is 1. The molecule has 0 radical (unpaired) electrons. The Labute approximate surface area is 117 Å². The molecule has 0 saturated heterocycles. The third-order valence-electron chi connectivity index (χ3n) is 2.94. The van der Waals surface area contributed by atoms with Gasteiger partial charge in [0.25, 0.3) is 0 Å². The second-order valence-electron chi connectivity index (χ2n) is 4.35. The van der Waals surface area contributed by atoms with Gasteiger partial charge in [0.1, 0.15) is 5.76 Å². The number of nitrogens with one attached hydrogen (secondary N) is 2. The summed E-state index contributed by atoms with van der Waals surface area (Å²) in [6.07, 6.45) is -0.493. The molecule has 0 saturated carbocycles. The third-order valence-corrected chi connectivity index (χ3v) is 2.94. The van der Waals surface area contributed by atoms with Gasteiger partial charge in [-0.2, -0.15) is 0 Å². The number of nitrogens with zero attached hydrogens (tertiary/aromatic N) is 1. The summed E-state index contributed by atoms with van der Waals surface area (Å²) in [5, 5.41) is 9.79. The van der Waals surface area contributed by atoms with Crippen molar-refractivity contribution in [3.63, 3.8) is 0 Å². The highest BCUT2D eigenvalue weighted by Crippen LogP contribution is 2.18. The molecule has 2 rings (SSSR count). The van der Waals surface area contributed by atoms with Crippen LogP contribution in [0, 0.1) is 13.8 Å². The van der Waals surface area contributed by atoms with Crippen molar-refractivity contribution in [1.82, 2.24) is 5.16 Å². The van der Waals surface area contributed by atoms with Gasteiger partial charge < -0.3 is 14.6 Å². The molecule has 0 aliphatic heterocycles. The molecular formula is C14H17N3O3. The Kier molecular flexibility index (Phi) is 4.24. The number of carbonyl (C=O) groups is 1. The van der Waals surface area contributed by atoms with Crippen LogP contribution in [-0.4, -0.2) is 18.4 Å². The number of benzene rings is 1. The fraction of sp³-hybridized carbons (Fsp3) is 0.286. The molecule has 0 aliphatic rings. The molecule has 0 bridgehead atoms. The van der Waals surface area contributed by atoms with Crippen LogP contribution in [0.3, 0.4) is 0 Å². The second kappa shape index (κ2) is 6.10. The minimum absolute atomic E-state index is 0.493. The van der Waals surface area contributed by atoms with E-state index in [1.54, 1.807) is 6.07 Å². The number of carbonyl (C=O) groups excluding carboxylic acids is 1. The lowest BCUT2D eigenvalue weighted by Crippen LogP contribution is -2.11. The van der Waals surface area contributed by atoms with Gasteiger partial charge in [-0.15, -0.1) is 0 Å². The average Bonchev–Trinajstić information content (AvgIpc) is 2.76. The molecule has 0 spiro atoms. The first-order valence-corrected chi connectivity index (χ1v) is 6.21. The van der Waals surface area contributed by atoms with Gasteiger partial charge in [0.2, 0.25) is 0 Å². The number of hydrogen-bond donors (Lipinski definition) is 2. The fourth-order valence-electron chi connectivity index (χ4n) is 1.82. The molecule has 2 aromatic rings. The maximum atomic E-state index is 11.2. The molecule has 1 aromatic heterocycles. The second-order valence-corrected chi connectivity index (χ2v) is 4.35. The van der Waals surface area contributed by atoms with Gasteiger partial charge in [0, 0.05) is 23.5 Å². The van der Waals surface area contributed by atoms with Crippen molar-refractivity contribution in [3.8, 4) is 0 Å². The Hall–Kier alpha value is -2.50. The Morgan fingerprint density at radius 1 is 1.35 bits per heavy atom. The smallest absolute Gasteiger partial charge is 0.411 e. The van der Waals surface area contributed by atoms with Crippen molar-refractivity contribution in [2.24, 2.45) is 0 Å². The highest BCUT2D eigenvalue weighted by atomic mass is 16.5. The highest BCUT2D eigenvalue weighted by Gasteiger charge is 2.08. The Morgan fingerprint density at radius 2 is 2.10 bits per heavy atom. The fourth-order valence-corrected chi connectivity index (χ4v) is 1.82. The Balaban J connectivity index is 2.03. The lowest BCUT2D eigenvalue weighted by atomic mass is 10.2. The summed E-state index contributed by atoms with van der Waals surface area (Å²) in [7, 11) is 1.33. The van der Waals surface area contributed by atoms with Gasteiger partial charge in [-0.25, -0.2) is 4.79 Å². The molecule has 0 fully saturated rings. The van der Waals surface area contributed by atoms with E-state index in [1.165, 1.54) is 7.11 Å². The van der Waals surface area contributed by atoms with Gasteiger partial charge >= 0.3 is 6.09 Å². The van der Waals surface area contributed by atoms with E-state index in [9.17, 15) is 4.79 Å². The monoisotopic (exact) mass is 275 g/mol. The van der Waals surface area contributed by atoms with E-state index in [4.69, 9.17) is 4.52 Å². The highest BCUT2D eigenvalue weighted by molar-refractivity contribution is 5.85. The van der Waals surface area contributed by atoms with E-state index in [1.807, 2.05) is 32.0 Å². The first-order chi connectivity index (χ1) is 9.60. The van der Waals surface area contributed by atoms with Crippen LogP contribution in [-0.2, 0) is 11.3 Å². The van der Waals surface area contributed by atoms with Crippen LogP contribution in [0.5, 0.6) is 0 Å². The maximum Gasteiger partial charge on any atom is 0.411 e. The van der Waals surface area contributed by atoms with Crippen molar-refractivity contribution in [1.29, 1.82) is 0 Å². The third kappa shape index (κ3) is 3.28. The quantitative estimate of drug-likeness (QED) is 0.896. The van der Waals surface area contributed by atoms with Gasteiger partial charge in [-0.3, -0.25) is 5.32 Å². The first-order valence-electron chi connectivity index (χ1n) is 6.21. The van der Waals surface area contributed by atoms with Gasteiger partial charge in [-0.1, -0.05) is 11.2 Å². The SMILES string of the molecule is COC(=O)Nc1cccc(NCc2c(C)noc2C)c1. The van der Waals surface area contributed by atoms with Crippen LogP contribution < -0.4 is 10.6 Å². The number of methoxy groups -OCH3 is 1. The predicted octanol–water partition coefficient (Wildman–Crippen LogP) is 3.08. The molecular weight excluding hydrogens is 258 g/mol. The number of hydrogen-bond acceptors (Lipinski definition) is 5. The van der Waals surface area contributed by atoms with Crippen molar-refractivity contribution < 1.29 is 14.1 Å². The van der Waals surface area contributed by atoms with Crippen molar-refractivity contribution >= 4 is 17.5 Å². The molecule has 0 unspecified atom stereocenters. The minimum Gasteiger partial charge on any atom is -0.453 e. The molecule has 20 heavy (non-hydrogen) atoms. The molecule has 0 atom stereocenters. The minimum atomic E-state index is -0.493. The number of aryl methyl sites for hydroxylation is 2. The zero-order valence-corrected chi connectivity index (χ0v) is 11.7.